The van der Waals surface area contributed by atoms with Crippen LogP contribution in [0.1, 0.15) is 320 Å². The zero-order valence-electron chi connectivity index (χ0n) is 89.4. The molecule has 10 aromatic carbocycles. The second kappa shape index (κ2) is 65.2. The van der Waals surface area contributed by atoms with Crippen LogP contribution in [0.3, 0.4) is 0 Å². The molecule has 0 aliphatic carbocycles. The number of azo groups is 1. The van der Waals surface area contributed by atoms with E-state index in [-0.39, 0.29) is 48.3 Å². The Balaban J connectivity index is 0.000000329. The first kappa shape index (κ1) is 120. The highest BCUT2D eigenvalue weighted by molar-refractivity contribution is 7.91. The standard InChI is InChI=1S/C64H83NO10S.C59H76N2O10S/c1-51(66)55-47-56(49-60(48-55)74-45-23-18-17-22-44-71-57-31-29-54(30-32-57)53-27-25-52(50-65)26-28-53)63(67)64(2,3)75-46-24-16-12-8-7-11-15-21-43-73-59-35-39-62(40-36-59)76(68,69)61-37-33-58(34-38-61)72-42-20-14-10-6-5-9-13-19-41-70-4;1-45-20-22-49(23-21-45)60-61-50-24-26-51(27-25-50)66-36-14-8-9-17-39-69-54-43-47(46(2)62)42-48(44-54)57(63)59(6,7)71-41-19-13-11-16-38-68-53-30-34-56(35-31-53)72(64,65)55-32-28-52(29-33-55)67-37-15-10-12-18-40-70-58(3,4)5/h25-40,47-49H,5-24,41-46H2,1-4H3;20-35,42-44H,8-19,36-41H2,1-7H3. The topological polar surface area (TPSA) is 296 Å². The number of ketones is 4. The molecule has 0 N–H and O–H groups in total. The minimum Gasteiger partial charge on any atom is -0.494 e. The number of carbonyl (C=O) groups is 4. The zero-order valence-corrected chi connectivity index (χ0v) is 91.0. The minimum absolute atomic E-state index is 0.108. The largest absolute Gasteiger partial charge is 0.494 e. The highest BCUT2D eigenvalue weighted by Crippen LogP contribution is 2.34. The number of ether oxygens (including phenoxy) is 12. The molecule has 0 saturated heterocycles. The highest BCUT2D eigenvalue weighted by Gasteiger charge is 2.33. The number of hydrogen-bond donors (Lipinski definition) is 0. The molecule has 0 atom stereocenters. The Labute approximate surface area is 881 Å². The maximum absolute atomic E-state index is 13.7. The predicted octanol–water partition coefficient (Wildman–Crippen LogP) is 30.4. The molecular formula is C123H159N3O20S2. The van der Waals surface area contributed by atoms with Crippen LogP contribution in [0.5, 0.6) is 46.0 Å². The first-order valence-corrected chi connectivity index (χ1v) is 56.3. The summed E-state index contributed by atoms with van der Waals surface area (Å²) in [5.41, 5.74) is 4.86. The quantitative estimate of drug-likeness (QED) is 0.0194. The van der Waals surface area contributed by atoms with Gasteiger partial charge in [0, 0.05) is 55.8 Å². The van der Waals surface area contributed by atoms with Gasteiger partial charge >= 0.3 is 0 Å². The summed E-state index contributed by atoms with van der Waals surface area (Å²) in [6, 6.07) is 69.5. The number of rotatable bonds is 73. The zero-order chi connectivity index (χ0) is 106. The van der Waals surface area contributed by atoms with E-state index in [1.165, 1.54) is 51.5 Å². The van der Waals surface area contributed by atoms with Crippen molar-refractivity contribution in [3.05, 3.63) is 264 Å². The van der Waals surface area contributed by atoms with E-state index >= 15 is 0 Å². The molecule has 0 fully saturated rings. The van der Waals surface area contributed by atoms with Crippen LogP contribution in [0.25, 0.3) is 11.1 Å². The number of hydrogen-bond acceptors (Lipinski definition) is 23. The Bertz CT molecular complexity index is 5880. The number of methoxy groups -OCH3 is 1. The minimum atomic E-state index is -3.70. The van der Waals surface area contributed by atoms with Gasteiger partial charge in [-0.25, -0.2) is 16.8 Å². The molecule has 148 heavy (non-hydrogen) atoms. The lowest BCUT2D eigenvalue weighted by Gasteiger charge is -2.24. The van der Waals surface area contributed by atoms with Crippen molar-refractivity contribution in [2.45, 2.75) is 311 Å². The average molecular weight is 2060 g/mol. The number of nitriles is 1. The van der Waals surface area contributed by atoms with Crippen molar-refractivity contribution in [1.29, 1.82) is 5.26 Å². The van der Waals surface area contributed by atoms with Gasteiger partial charge in [0.05, 0.1) is 101 Å². The number of benzene rings is 10. The Hall–Kier alpha value is -11.9. The van der Waals surface area contributed by atoms with Crippen molar-refractivity contribution in [2.75, 3.05) is 86.4 Å². The van der Waals surface area contributed by atoms with Crippen LogP contribution in [0.15, 0.2) is 260 Å². The molecule has 0 bridgehead atoms. The molecule has 0 aromatic heterocycles. The van der Waals surface area contributed by atoms with Crippen LogP contribution < -0.4 is 37.9 Å². The molecule has 0 aliphatic heterocycles. The smallest absolute Gasteiger partial charge is 0.206 e. The molecule has 798 valence electrons. The molecule has 0 heterocycles. The monoisotopic (exact) mass is 2060 g/mol. The normalized spacial score (nSPS) is 11.7. The highest BCUT2D eigenvalue weighted by atomic mass is 32.2. The van der Waals surface area contributed by atoms with Crippen molar-refractivity contribution in [2.24, 2.45) is 10.2 Å². The van der Waals surface area contributed by atoms with Crippen molar-refractivity contribution in [3.63, 3.8) is 0 Å². The maximum Gasteiger partial charge on any atom is 0.206 e. The van der Waals surface area contributed by atoms with Crippen LogP contribution in [0.2, 0.25) is 0 Å². The summed E-state index contributed by atoms with van der Waals surface area (Å²) in [6.45, 7) is 25.1. The number of sulfone groups is 2. The van der Waals surface area contributed by atoms with Crippen molar-refractivity contribution in [1.82, 2.24) is 0 Å². The molecule has 10 rings (SSSR count). The third-order valence-corrected chi connectivity index (χ3v) is 28.8. The fraction of sp³-hybridized carbons (Fsp3) is 0.472. The molecule has 10 aromatic rings. The fourth-order valence-corrected chi connectivity index (χ4v) is 18.8. The molecule has 0 radical (unpaired) electrons. The van der Waals surface area contributed by atoms with Gasteiger partial charge < -0.3 is 56.8 Å². The first-order valence-electron chi connectivity index (χ1n) is 53.3. The molecule has 0 spiro atoms. The second-order valence-electron chi connectivity index (χ2n) is 39.7. The van der Waals surface area contributed by atoms with E-state index in [0.717, 1.165) is 221 Å². The molecule has 0 aliphatic rings. The maximum atomic E-state index is 13.7. The second-order valence-corrected chi connectivity index (χ2v) is 43.6. The number of nitrogens with zero attached hydrogens (tertiary/aromatic N) is 3. The van der Waals surface area contributed by atoms with E-state index < -0.39 is 30.9 Å². The van der Waals surface area contributed by atoms with Gasteiger partial charge in [0.15, 0.2) is 23.1 Å². The van der Waals surface area contributed by atoms with Crippen LogP contribution in [0, 0.1) is 18.3 Å². The van der Waals surface area contributed by atoms with E-state index in [0.29, 0.717) is 128 Å². The lowest BCUT2D eigenvalue weighted by molar-refractivity contribution is -0.00594. The number of unbranched alkanes of at least 4 members (excludes halogenated alkanes) is 26. The van der Waals surface area contributed by atoms with E-state index in [4.69, 9.17) is 62.1 Å². The van der Waals surface area contributed by atoms with Crippen LogP contribution >= 0.6 is 0 Å². The molecular weight excluding hydrogens is 1900 g/mol. The summed E-state index contributed by atoms with van der Waals surface area (Å²) in [5.74, 6) is 4.47. The van der Waals surface area contributed by atoms with Crippen LogP contribution in [0.4, 0.5) is 11.4 Å². The molecule has 0 unspecified atom stereocenters. The summed E-state index contributed by atoms with van der Waals surface area (Å²) in [6.07, 6.45) is 32.5. The lowest BCUT2D eigenvalue weighted by atomic mass is 9.94. The molecule has 0 amide bonds. The van der Waals surface area contributed by atoms with Gasteiger partial charge in [-0.05, 0) is 390 Å². The van der Waals surface area contributed by atoms with Gasteiger partial charge in [-0.3, -0.25) is 19.2 Å². The molecule has 0 saturated carbocycles. The Morgan fingerprint density at radius 3 is 0.757 bits per heavy atom. The van der Waals surface area contributed by atoms with Gasteiger partial charge in [-0.1, -0.05) is 132 Å². The molecule has 25 heteroatoms. The Morgan fingerprint density at radius 2 is 0.493 bits per heavy atom. The average Bonchev–Trinajstić information content (AvgIpc) is 0.778. The summed E-state index contributed by atoms with van der Waals surface area (Å²) < 4.78 is 124. The lowest BCUT2D eigenvalue weighted by Crippen LogP contribution is -2.35. The van der Waals surface area contributed by atoms with Crippen LogP contribution in [-0.2, 0) is 38.6 Å². The summed E-state index contributed by atoms with van der Waals surface area (Å²) in [5, 5.41) is 17.6. The summed E-state index contributed by atoms with van der Waals surface area (Å²) in [7, 11) is -5.61. The van der Waals surface area contributed by atoms with Crippen molar-refractivity contribution < 1.29 is 92.9 Å². The Morgan fingerprint density at radius 1 is 0.270 bits per heavy atom. The van der Waals surface area contributed by atoms with E-state index in [9.17, 15) is 36.0 Å². The number of aryl methyl sites for hydroxylation is 1. The third kappa shape index (κ3) is 44.9. The fourth-order valence-electron chi connectivity index (χ4n) is 16.3. The molecule has 23 nitrogen and oxygen atoms in total. The van der Waals surface area contributed by atoms with E-state index in [1.54, 1.807) is 168 Å². The third-order valence-electron chi connectivity index (χ3n) is 25.2. The number of carbonyl (C=O) groups excluding carboxylic acids is 4. The van der Waals surface area contributed by atoms with Gasteiger partial charge in [0.2, 0.25) is 19.7 Å². The summed E-state index contributed by atoms with van der Waals surface area (Å²) >= 11 is 0. The number of Topliss-reactive ketones (excluding diaryl/α,β-unsaturated/α-hetero) is 4. The SMILES string of the molecule is CC(=O)c1cc(OCCCCCCOc2ccc(N=Nc3ccc(C)cc3)cc2)cc(C(=O)C(C)(C)OCCCCCCOc2ccc(S(=O)(=O)c3ccc(OCCCCCCOC(C)(C)C)cc3)cc2)c1.COCCCCCCCCCCOc1ccc(S(=O)(=O)c2ccc(OCCCCCCCCCCOC(C)(C)C(=O)c3cc(OCCCCCCOc4ccc(-c5ccc(C#N)cc5)cc4)cc(C(C)=O)c3)cc2)cc1. The summed E-state index contributed by atoms with van der Waals surface area (Å²) in [4.78, 5) is 53.1. The van der Waals surface area contributed by atoms with Gasteiger partial charge in [0.1, 0.15) is 57.2 Å². The van der Waals surface area contributed by atoms with Gasteiger partial charge in [0.25, 0.3) is 0 Å². The Kier molecular flexibility index (Phi) is 52.7. The van der Waals surface area contributed by atoms with Crippen LogP contribution in [-0.4, -0.2) is 143 Å². The predicted molar refractivity (Wildman–Crippen MR) is 586 cm³/mol. The van der Waals surface area contributed by atoms with E-state index in [1.807, 2.05) is 104 Å². The first-order chi connectivity index (χ1) is 71.4. The van der Waals surface area contributed by atoms with E-state index in [2.05, 4.69) is 37.1 Å². The van der Waals surface area contributed by atoms with Crippen molar-refractivity contribution >= 4 is 54.2 Å². The van der Waals surface area contributed by atoms with Gasteiger partial charge in [-0.2, -0.15) is 15.5 Å². The van der Waals surface area contributed by atoms with Crippen molar-refractivity contribution in [3.8, 4) is 63.2 Å². The van der Waals surface area contributed by atoms with Gasteiger partial charge in [-0.15, -0.1) is 0 Å².